The quantitative estimate of drug-likeness (QED) is 0.873. The molecule has 2 rings (SSSR count). The molecule has 21 heavy (non-hydrogen) atoms. The highest BCUT2D eigenvalue weighted by atomic mass is 19.1. The minimum absolute atomic E-state index is 0.0700. The largest absolute Gasteiger partial charge is 0.507 e. The summed E-state index contributed by atoms with van der Waals surface area (Å²) in [6.07, 6.45) is 0.472. The van der Waals surface area contributed by atoms with Gasteiger partial charge in [0.05, 0.1) is 0 Å². The lowest BCUT2D eigenvalue weighted by molar-refractivity contribution is -0.153. The minimum atomic E-state index is -0.670. The first-order valence-corrected chi connectivity index (χ1v) is 6.80. The van der Waals surface area contributed by atoms with Crippen LogP contribution in [0.4, 0.5) is 4.39 Å². The van der Waals surface area contributed by atoms with E-state index in [2.05, 4.69) is 0 Å². The van der Waals surface area contributed by atoms with Crippen molar-refractivity contribution in [1.82, 2.24) is 0 Å². The molecule has 0 unspecified atom stereocenters. The minimum Gasteiger partial charge on any atom is -0.507 e. The van der Waals surface area contributed by atoms with Crippen LogP contribution in [0.3, 0.4) is 0 Å². The van der Waals surface area contributed by atoms with Crippen molar-refractivity contribution in [3.63, 3.8) is 0 Å². The molecule has 0 saturated heterocycles. The molecule has 0 heterocycles. The SMILES string of the molecule is CC(=O)OC(C)(C)Cc1cc2ccc(F)cc2c(O)c1C. The van der Waals surface area contributed by atoms with Crippen molar-refractivity contribution >= 4 is 16.7 Å². The Hall–Kier alpha value is -2.10. The van der Waals surface area contributed by atoms with Crippen molar-refractivity contribution in [2.24, 2.45) is 0 Å². The lowest BCUT2D eigenvalue weighted by Gasteiger charge is -2.25. The van der Waals surface area contributed by atoms with Gasteiger partial charge in [0.25, 0.3) is 0 Å². The van der Waals surface area contributed by atoms with Crippen LogP contribution >= 0.6 is 0 Å². The van der Waals surface area contributed by atoms with Crippen molar-refractivity contribution in [2.45, 2.75) is 39.7 Å². The Bertz CT molecular complexity index is 705. The van der Waals surface area contributed by atoms with E-state index in [1.165, 1.54) is 19.1 Å². The normalized spacial score (nSPS) is 11.7. The molecule has 0 aromatic heterocycles. The molecule has 0 spiro atoms. The smallest absolute Gasteiger partial charge is 0.303 e. The summed E-state index contributed by atoms with van der Waals surface area (Å²) in [7, 11) is 0. The molecular weight excluding hydrogens is 271 g/mol. The third kappa shape index (κ3) is 3.32. The molecular formula is C17H19FO3. The summed E-state index contributed by atoms with van der Waals surface area (Å²) < 4.78 is 18.6. The standard InChI is InChI=1S/C17H19FO3/c1-10-13(9-17(3,4)21-11(2)19)7-12-5-6-14(18)8-15(12)16(10)20/h5-8,20H,9H2,1-4H3. The zero-order chi connectivity index (χ0) is 15.8. The average Bonchev–Trinajstić information content (AvgIpc) is 2.35. The van der Waals surface area contributed by atoms with Gasteiger partial charge in [-0.05, 0) is 49.4 Å². The van der Waals surface area contributed by atoms with E-state index in [9.17, 15) is 14.3 Å². The van der Waals surface area contributed by atoms with Crippen molar-refractivity contribution in [1.29, 1.82) is 0 Å². The maximum atomic E-state index is 13.3. The summed E-state index contributed by atoms with van der Waals surface area (Å²) >= 11 is 0. The predicted molar refractivity (Wildman–Crippen MR) is 79.9 cm³/mol. The molecule has 0 aliphatic carbocycles. The Morgan fingerprint density at radius 3 is 2.62 bits per heavy atom. The van der Waals surface area contributed by atoms with Gasteiger partial charge in [-0.2, -0.15) is 0 Å². The van der Waals surface area contributed by atoms with Crippen LogP contribution in [-0.2, 0) is 16.0 Å². The van der Waals surface area contributed by atoms with E-state index < -0.39 is 5.60 Å². The number of aromatic hydroxyl groups is 1. The molecule has 3 nitrogen and oxygen atoms in total. The summed E-state index contributed by atoms with van der Waals surface area (Å²) in [4.78, 5) is 11.1. The number of ether oxygens (including phenoxy) is 1. The molecule has 0 atom stereocenters. The first-order valence-electron chi connectivity index (χ1n) is 6.80. The summed E-state index contributed by atoms with van der Waals surface area (Å²) in [6, 6.07) is 6.21. The fourth-order valence-electron chi connectivity index (χ4n) is 2.58. The zero-order valence-electron chi connectivity index (χ0n) is 12.7. The van der Waals surface area contributed by atoms with E-state index in [0.717, 1.165) is 10.9 Å². The topological polar surface area (TPSA) is 46.5 Å². The fraction of sp³-hybridized carbons (Fsp3) is 0.353. The molecule has 0 radical (unpaired) electrons. The predicted octanol–water partition coefficient (Wildman–Crippen LogP) is 3.88. The molecule has 0 aliphatic rings. The number of carbonyl (C=O) groups excluding carboxylic acids is 1. The van der Waals surface area contributed by atoms with Gasteiger partial charge in [0.2, 0.25) is 0 Å². The van der Waals surface area contributed by atoms with Crippen LogP contribution in [0.1, 0.15) is 31.9 Å². The van der Waals surface area contributed by atoms with Gasteiger partial charge in [-0.3, -0.25) is 4.79 Å². The van der Waals surface area contributed by atoms with Crippen LogP contribution in [0.5, 0.6) is 5.75 Å². The highest BCUT2D eigenvalue weighted by Crippen LogP contribution is 2.33. The summed E-state index contributed by atoms with van der Waals surface area (Å²) in [5.74, 6) is -0.657. The number of hydrogen-bond acceptors (Lipinski definition) is 3. The van der Waals surface area contributed by atoms with E-state index in [1.54, 1.807) is 13.0 Å². The third-order valence-corrected chi connectivity index (χ3v) is 3.47. The van der Waals surface area contributed by atoms with Gasteiger partial charge in [0.1, 0.15) is 17.2 Å². The van der Waals surface area contributed by atoms with Crippen LogP contribution in [0.25, 0.3) is 10.8 Å². The van der Waals surface area contributed by atoms with Crippen LogP contribution < -0.4 is 0 Å². The molecule has 0 bridgehead atoms. The monoisotopic (exact) mass is 290 g/mol. The van der Waals surface area contributed by atoms with Gasteiger partial charge in [-0.25, -0.2) is 4.39 Å². The number of fused-ring (bicyclic) bond motifs is 1. The van der Waals surface area contributed by atoms with E-state index in [0.29, 0.717) is 17.4 Å². The van der Waals surface area contributed by atoms with Crippen LogP contribution in [0, 0.1) is 12.7 Å². The van der Waals surface area contributed by atoms with E-state index in [4.69, 9.17) is 4.74 Å². The van der Waals surface area contributed by atoms with Crippen LogP contribution in [0.2, 0.25) is 0 Å². The van der Waals surface area contributed by atoms with E-state index in [1.807, 2.05) is 19.9 Å². The van der Waals surface area contributed by atoms with Crippen molar-refractivity contribution in [3.8, 4) is 5.75 Å². The molecule has 0 aliphatic heterocycles. The molecule has 0 amide bonds. The maximum absolute atomic E-state index is 13.3. The van der Waals surface area contributed by atoms with Gasteiger partial charge in [0, 0.05) is 18.7 Å². The Morgan fingerprint density at radius 1 is 1.33 bits per heavy atom. The Balaban J connectivity index is 2.48. The number of hydrogen-bond donors (Lipinski definition) is 1. The molecule has 0 saturated carbocycles. The first-order chi connectivity index (χ1) is 9.69. The summed E-state index contributed by atoms with van der Waals surface area (Å²) in [6.45, 7) is 6.79. The van der Waals surface area contributed by atoms with Gasteiger partial charge in [-0.1, -0.05) is 12.1 Å². The second kappa shape index (κ2) is 5.35. The summed E-state index contributed by atoms with van der Waals surface area (Å²) in [5.41, 5.74) is 0.877. The summed E-state index contributed by atoms with van der Waals surface area (Å²) in [5, 5.41) is 11.5. The zero-order valence-corrected chi connectivity index (χ0v) is 12.7. The van der Waals surface area contributed by atoms with Crippen molar-refractivity contribution in [2.75, 3.05) is 0 Å². The number of rotatable bonds is 3. The molecule has 112 valence electrons. The highest BCUT2D eigenvalue weighted by molar-refractivity contribution is 5.90. The lowest BCUT2D eigenvalue weighted by atomic mass is 9.92. The average molecular weight is 290 g/mol. The molecule has 1 N–H and O–H groups in total. The first kappa shape index (κ1) is 15.3. The Labute approximate surface area is 123 Å². The van der Waals surface area contributed by atoms with Crippen LogP contribution in [-0.4, -0.2) is 16.7 Å². The lowest BCUT2D eigenvalue weighted by Crippen LogP contribution is -2.29. The van der Waals surface area contributed by atoms with E-state index in [-0.39, 0.29) is 17.5 Å². The van der Waals surface area contributed by atoms with Crippen molar-refractivity contribution < 1.29 is 19.0 Å². The third-order valence-electron chi connectivity index (χ3n) is 3.47. The Kier molecular flexibility index (Phi) is 3.90. The Morgan fingerprint density at radius 2 is 2.00 bits per heavy atom. The van der Waals surface area contributed by atoms with Crippen LogP contribution in [0.15, 0.2) is 24.3 Å². The number of phenolic OH excluding ortho intramolecular Hbond substituents is 1. The van der Waals surface area contributed by atoms with Gasteiger partial charge < -0.3 is 9.84 Å². The maximum Gasteiger partial charge on any atom is 0.303 e. The highest BCUT2D eigenvalue weighted by Gasteiger charge is 2.24. The fourth-order valence-corrected chi connectivity index (χ4v) is 2.58. The second-order valence-electron chi connectivity index (χ2n) is 5.90. The molecule has 4 heteroatoms. The molecule has 2 aromatic carbocycles. The number of halogens is 1. The number of phenols is 1. The van der Waals surface area contributed by atoms with Gasteiger partial charge in [-0.15, -0.1) is 0 Å². The number of carbonyl (C=O) groups is 1. The van der Waals surface area contributed by atoms with Gasteiger partial charge in [0.15, 0.2) is 0 Å². The van der Waals surface area contributed by atoms with Crippen molar-refractivity contribution in [3.05, 3.63) is 41.2 Å². The second-order valence-corrected chi connectivity index (χ2v) is 5.90. The number of benzene rings is 2. The molecule has 2 aromatic rings. The number of esters is 1. The van der Waals surface area contributed by atoms with E-state index >= 15 is 0 Å². The molecule has 0 fully saturated rings. The van der Waals surface area contributed by atoms with Gasteiger partial charge >= 0.3 is 5.97 Å².